The molecule has 0 fully saturated rings. The van der Waals surface area contributed by atoms with Gasteiger partial charge in [0.25, 0.3) is 0 Å². The third-order valence-corrected chi connectivity index (χ3v) is 2.56. The number of nitrogens with zero attached hydrogens (tertiary/aromatic N) is 2. The van der Waals surface area contributed by atoms with E-state index < -0.39 is 18.1 Å². The van der Waals surface area contributed by atoms with Gasteiger partial charge in [0.1, 0.15) is 6.34 Å². The number of rotatable bonds is 9. The fraction of sp³-hybridized carbons (Fsp3) is 0.857. The highest BCUT2D eigenvalue weighted by molar-refractivity contribution is 5.91. The second-order valence-corrected chi connectivity index (χ2v) is 5.21. The molecule has 0 bridgehead atoms. The van der Waals surface area contributed by atoms with Crippen molar-refractivity contribution in [2.45, 2.75) is 78.4 Å². The van der Waals surface area contributed by atoms with E-state index in [0.29, 0.717) is 5.71 Å². The topological polar surface area (TPSA) is 74.4 Å². The summed E-state index contributed by atoms with van der Waals surface area (Å²) >= 11 is 0. The summed E-state index contributed by atoms with van der Waals surface area (Å²) in [4.78, 5) is 8.11. The fourth-order valence-corrected chi connectivity index (χ4v) is 1.55. The zero-order valence-corrected chi connectivity index (χ0v) is 12.8. The van der Waals surface area contributed by atoms with Crippen molar-refractivity contribution in [2.24, 2.45) is 9.98 Å². The number of aliphatic hydroxyl groups excluding tert-OH is 1. The van der Waals surface area contributed by atoms with Gasteiger partial charge in [-0.05, 0) is 34.1 Å². The Bertz CT molecular complexity index is 296. The van der Waals surface area contributed by atoms with Crippen LogP contribution in [0.3, 0.4) is 0 Å². The predicted octanol–water partition coefficient (Wildman–Crippen LogP) is 2.51. The van der Waals surface area contributed by atoms with Gasteiger partial charge in [0.2, 0.25) is 0 Å². The highest BCUT2D eigenvalue weighted by Gasteiger charge is 2.15. The summed E-state index contributed by atoms with van der Waals surface area (Å²) < 4.78 is 5.19. The van der Waals surface area contributed by atoms with E-state index in [1.807, 2.05) is 0 Å². The summed E-state index contributed by atoms with van der Waals surface area (Å²) in [6, 6.07) is 0. The Morgan fingerprint density at radius 3 is 2.53 bits per heavy atom. The summed E-state index contributed by atoms with van der Waals surface area (Å²) in [5, 5.41) is 19.3. The standard InChI is InChI=1S/C14H28N2O3/c1-6-7-8-9-13(17)11(2)15-10-16-12(3)19-14(4,5)18/h10,12-13,17-18H,6-9H2,1-5H3/t12?,13-/m1/s1. The zero-order chi connectivity index (χ0) is 14.9. The Balaban J connectivity index is 4.15. The molecule has 2 N–H and O–H groups in total. The van der Waals surface area contributed by atoms with E-state index in [1.54, 1.807) is 27.7 Å². The molecule has 19 heavy (non-hydrogen) atoms. The lowest BCUT2D eigenvalue weighted by molar-refractivity contribution is -0.199. The third kappa shape index (κ3) is 10.8. The summed E-state index contributed by atoms with van der Waals surface area (Å²) in [7, 11) is 0. The molecule has 0 aromatic heterocycles. The summed E-state index contributed by atoms with van der Waals surface area (Å²) in [5.41, 5.74) is 0.648. The lowest BCUT2D eigenvalue weighted by Gasteiger charge is -2.20. The van der Waals surface area contributed by atoms with Gasteiger partial charge in [-0.2, -0.15) is 0 Å². The van der Waals surface area contributed by atoms with Crippen molar-refractivity contribution in [1.82, 2.24) is 0 Å². The molecule has 0 aliphatic rings. The first kappa shape index (κ1) is 18.2. The van der Waals surface area contributed by atoms with Crippen LogP contribution in [0.1, 0.15) is 60.3 Å². The van der Waals surface area contributed by atoms with Crippen LogP contribution < -0.4 is 0 Å². The van der Waals surface area contributed by atoms with E-state index in [-0.39, 0.29) is 0 Å². The minimum Gasteiger partial charge on any atom is -0.387 e. The molecule has 112 valence electrons. The Hall–Kier alpha value is -0.780. The molecule has 0 aliphatic heterocycles. The number of aliphatic hydroxyl groups is 2. The Labute approximate surface area is 116 Å². The van der Waals surface area contributed by atoms with Crippen molar-refractivity contribution in [3.63, 3.8) is 0 Å². The molecule has 0 rings (SSSR count). The molecule has 0 aliphatic carbocycles. The van der Waals surface area contributed by atoms with Crippen LogP contribution in [0.5, 0.6) is 0 Å². The van der Waals surface area contributed by atoms with E-state index in [4.69, 9.17) is 4.74 Å². The van der Waals surface area contributed by atoms with Crippen molar-refractivity contribution in [1.29, 1.82) is 0 Å². The lowest BCUT2D eigenvalue weighted by Crippen LogP contribution is -2.27. The minimum atomic E-state index is -1.21. The van der Waals surface area contributed by atoms with Crippen LogP contribution in [0.2, 0.25) is 0 Å². The molecule has 5 heteroatoms. The summed E-state index contributed by atoms with van der Waals surface area (Å²) in [6.07, 6.45) is 4.37. The zero-order valence-electron chi connectivity index (χ0n) is 12.8. The van der Waals surface area contributed by atoms with Crippen LogP contribution in [-0.2, 0) is 4.74 Å². The van der Waals surface area contributed by atoms with Gasteiger partial charge in [-0.25, -0.2) is 9.98 Å². The molecule has 0 saturated heterocycles. The van der Waals surface area contributed by atoms with Gasteiger partial charge in [-0.3, -0.25) is 0 Å². The highest BCUT2D eigenvalue weighted by atomic mass is 16.6. The largest absolute Gasteiger partial charge is 0.387 e. The van der Waals surface area contributed by atoms with Crippen molar-refractivity contribution < 1.29 is 14.9 Å². The normalized spacial score (nSPS) is 16.9. The minimum absolute atomic E-state index is 0.478. The van der Waals surface area contributed by atoms with E-state index in [0.717, 1.165) is 25.7 Å². The maximum atomic E-state index is 9.83. The number of hydrogen-bond acceptors (Lipinski definition) is 4. The first-order valence-corrected chi connectivity index (χ1v) is 6.90. The second kappa shape index (κ2) is 9.18. The highest BCUT2D eigenvalue weighted by Crippen LogP contribution is 2.08. The first-order valence-electron chi connectivity index (χ1n) is 6.90. The second-order valence-electron chi connectivity index (χ2n) is 5.21. The molecular weight excluding hydrogens is 244 g/mol. The molecule has 2 atom stereocenters. The SMILES string of the molecule is CCCCC[C@@H](O)C(C)=NC=NC(C)OC(C)(C)O. The van der Waals surface area contributed by atoms with Crippen molar-refractivity contribution >= 4 is 12.1 Å². The molecule has 0 spiro atoms. The van der Waals surface area contributed by atoms with E-state index in [9.17, 15) is 10.2 Å². The Kier molecular flexibility index (Phi) is 8.80. The van der Waals surface area contributed by atoms with Crippen molar-refractivity contribution in [3.05, 3.63) is 0 Å². The lowest BCUT2D eigenvalue weighted by atomic mass is 10.1. The Morgan fingerprint density at radius 2 is 2.00 bits per heavy atom. The number of ether oxygens (including phenoxy) is 1. The van der Waals surface area contributed by atoms with Crippen LogP contribution >= 0.6 is 0 Å². The van der Waals surface area contributed by atoms with E-state index >= 15 is 0 Å². The van der Waals surface area contributed by atoms with Gasteiger partial charge in [-0.15, -0.1) is 0 Å². The molecular formula is C14H28N2O3. The average molecular weight is 272 g/mol. The maximum Gasteiger partial charge on any atom is 0.162 e. The molecule has 0 heterocycles. The number of unbranched alkanes of at least 4 members (excludes halogenated alkanes) is 2. The molecule has 0 radical (unpaired) electrons. The molecule has 0 amide bonds. The van der Waals surface area contributed by atoms with Crippen LogP contribution in [0.25, 0.3) is 0 Å². The third-order valence-electron chi connectivity index (χ3n) is 2.56. The molecule has 0 aromatic rings. The quantitative estimate of drug-likeness (QED) is 0.293. The van der Waals surface area contributed by atoms with Crippen molar-refractivity contribution in [3.8, 4) is 0 Å². The van der Waals surface area contributed by atoms with Crippen LogP contribution in [-0.4, -0.2) is 40.4 Å². The van der Waals surface area contributed by atoms with E-state index in [1.165, 1.54) is 6.34 Å². The van der Waals surface area contributed by atoms with Gasteiger partial charge < -0.3 is 14.9 Å². The van der Waals surface area contributed by atoms with Gasteiger partial charge in [0.15, 0.2) is 12.0 Å². The van der Waals surface area contributed by atoms with Gasteiger partial charge >= 0.3 is 0 Å². The number of aliphatic imine (C=N–C) groups is 2. The first-order chi connectivity index (χ1) is 8.76. The molecule has 1 unspecified atom stereocenters. The number of hydrogen-bond donors (Lipinski definition) is 2. The fourth-order valence-electron chi connectivity index (χ4n) is 1.55. The van der Waals surface area contributed by atoms with Crippen molar-refractivity contribution in [2.75, 3.05) is 0 Å². The van der Waals surface area contributed by atoms with Crippen LogP contribution in [0.15, 0.2) is 9.98 Å². The van der Waals surface area contributed by atoms with Gasteiger partial charge in [0.05, 0.1) is 6.10 Å². The predicted molar refractivity (Wildman–Crippen MR) is 78.6 cm³/mol. The Morgan fingerprint density at radius 1 is 1.37 bits per heavy atom. The van der Waals surface area contributed by atoms with Crippen LogP contribution in [0.4, 0.5) is 0 Å². The monoisotopic (exact) mass is 272 g/mol. The van der Waals surface area contributed by atoms with Gasteiger partial charge in [0, 0.05) is 5.71 Å². The van der Waals surface area contributed by atoms with Crippen LogP contribution in [0, 0.1) is 0 Å². The smallest absolute Gasteiger partial charge is 0.162 e. The summed E-state index contributed by atoms with van der Waals surface area (Å²) in [5.74, 6) is -1.21. The molecule has 0 aromatic carbocycles. The maximum absolute atomic E-state index is 9.83. The van der Waals surface area contributed by atoms with E-state index in [2.05, 4.69) is 16.9 Å². The summed E-state index contributed by atoms with van der Waals surface area (Å²) in [6.45, 7) is 8.72. The average Bonchev–Trinajstić information content (AvgIpc) is 2.26. The molecule has 5 nitrogen and oxygen atoms in total. The van der Waals surface area contributed by atoms with Gasteiger partial charge in [-0.1, -0.05) is 26.2 Å². The molecule has 0 saturated carbocycles.